The minimum Gasteiger partial charge on any atom is -0.484 e. The van der Waals surface area contributed by atoms with Gasteiger partial charge >= 0.3 is 5.97 Å². The number of benzene rings is 2. The van der Waals surface area contributed by atoms with E-state index in [0.717, 1.165) is 37.8 Å². The summed E-state index contributed by atoms with van der Waals surface area (Å²) in [5, 5.41) is 6.35. The van der Waals surface area contributed by atoms with E-state index in [1.54, 1.807) is 24.3 Å². The average Bonchev–Trinajstić information content (AvgIpc) is 3.61. The van der Waals surface area contributed by atoms with Crippen molar-refractivity contribution in [2.45, 2.75) is 75.7 Å². The first-order valence-corrected chi connectivity index (χ1v) is 13.3. The van der Waals surface area contributed by atoms with Crippen LogP contribution in [0.4, 0.5) is 0 Å². The van der Waals surface area contributed by atoms with Crippen LogP contribution in [0.5, 0.6) is 5.75 Å². The standard InChI is InChI=1S/C29H36N2O5/c1-19(31-28(32)26-5-3-17-34-26)27(22-10-8-21(9-11-22)20-6-7-20)35-24-14-12-23(13-15-24)29(33)36-25-4-2-16-30-18-25/h8-15,19-20,25-27,30H,2-7,16-18H2,1H3,(H,31,32)/t19?,25-,26-,27?/m0/s1. The molecule has 0 bridgehead atoms. The van der Waals surface area contributed by atoms with E-state index in [-0.39, 0.29) is 24.0 Å². The molecule has 2 heterocycles. The van der Waals surface area contributed by atoms with Crippen molar-refractivity contribution in [2.75, 3.05) is 19.7 Å². The highest BCUT2D eigenvalue weighted by atomic mass is 16.5. The SMILES string of the molecule is CC(NC(=O)[C@@H]1CCCO1)C(Oc1ccc(C(=O)O[C@H]2CCCNC2)cc1)c1ccc(C2CC2)cc1. The Labute approximate surface area is 212 Å². The van der Waals surface area contributed by atoms with Crippen LogP contribution in [0.3, 0.4) is 0 Å². The van der Waals surface area contributed by atoms with E-state index < -0.39 is 12.2 Å². The van der Waals surface area contributed by atoms with Gasteiger partial charge in [-0.1, -0.05) is 24.3 Å². The van der Waals surface area contributed by atoms with E-state index in [4.69, 9.17) is 14.2 Å². The van der Waals surface area contributed by atoms with Gasteiger partial charge in [0.25, 0.3) is 0 Å². The number of nitrogens with one attached hydrogen (secondary N) is 2. The van der Waals surface area contributed by atoms with Gasteiger partial charge in [0, 0.05) is 13.2 Å². The summed E-state index contributed by atoms with van der Waals surface area (Å²) in [4.78, 5) is 25.3. The van der Waals surface area contributed by atoms with Crippen LogP contribution in [-0.2, 0) is 14.3 Å². The largest absolute Gasteiger partial charge is 0.484 e. The van der Waals surface area contributed by atoms with Crippen LogP contribution in [0.2, 0.25) is 0 Å². The van der Waals surface area contributed by atoms with E-state index in [1.807, 2.05) is 6.92 Å². The number of hydrogen-bond donors (Lipinski definition) is 2. The summed E-state index contributed by atoms with van der Waals surface area (Å²) in [5.41, 5.74) is 2.84. The number of rotatable bonds is 9. The van der Waals surface area contributed by atoms with Gasteiger partial charge in [0.15, 0.2) is 0 Å². The number of piperidine rings is 1. The van der Waals surface area contributed by atoms with Crippen LogP contribution in [0.15, 0.2) is 48.5 Å². The topological polar surface area (TPSA) is 85.9 Å². The second-order valence-electron chi connectivity index (χ2n) is 10.2. The van der Waals surface area contributed by atoms with Crippen molar-refractivity contribution < 1.29 is 23.8 Å². The highest BCUT2D eigenvalue weighted by molar-refractivity contribution is 5.89. The summed E-state index contributed by atoms with van der Waals surface area (Å²) in [6, 6.07) is 15.3. The van der Waals surface area contributed by atoms with E-state index in [2.05, 4.69) is 34.9 Å². The number of carbonyl (C=O) groups excluding carboxylic acids is 2. The molecule has 2 aromatic carbocycles. The molecule has 2 aliphatic heterocycles. The van der Waals surface area contributed by atoms with Crippen molar-refractivity contribution in [3.05, 3.63) is 65.2 Å². The Morgan fingerprint density at radius 2 is 1.78 bits per heavy atom. The molecule has 5 rings (SSSR count). The van der Waals surface area contributed by atoms with Crippen molar-refractivity contribution in [3.63, 3.8) is 0 Å². The Bertz CT molecular complexity index is 1020. The zero-order chi connectivity index (χ0) is 24.9. The average molecular weight is 493 g/mol. The van der Waals surface area contributed by atoms with E-state index in [0.29, 0.717) is 30.4 Å². The maximum absolute atomic E-state index is 12.7. The number of amides is 1. The first-order valence-electron chi connectivity index (χ1n) is 13.3. The molecular weight excluding hydrogens is 456 g/mol. The molecule has 0 spiro atoms. The lowest BCUT2D eigenvalue weighted by atomic mass is 10.00. The van der Waals surface area contributed by atoms with Crippen LogP contribution in [0.25, 0.3) is 0 Å². The van der Waals surface area contributed by atoms with E-state index in [9.17, 15) is 9.59 Å². The van der Waals surface area contributed by atoms with Gasteiger partial charge in [0.2, 0.25) is 5.91 Å². The number of ether oxygens (including phenoxy) is 3. The Hall–Kier alpha value is -2.90. The maximum Gasteiger partial charge on any atom is 0.338 e. The van der Waals surface area contributed by atoms with Gasteiger partial charge in [0.1, 0.15) is 24.1 Å². The molecule has 2 aromatic rings. The number of hydrogen-bond acceptors (Lipinski definition) is 6. The van der Waals surface area contributed by atoms with Gasteiger partial charge in [-0.3, -0.25) is 4.79 Å². The highest BCUT2D eigenvalue weighted by Crippen LogP contribution is 2.40. The molecule has 0 aromatic heterocycles. The molecular formula is C29H36N2O5. The van der Waals surface area contributed by atoms with Gasteiger partial charge in [0.05, 0.1) is 11.6 Å². The van der Waals surface area contributed by atoms with Gasteiger partial charge in [-0.2, -0.15) is 0 Å². The molecule has 3 aliphatic rings. The first kappa shape index (κ1) is 24.8. The summed E-state index contributed by atoms with van der Waals surface area (Å²) >= 11 is 0. The smallest absolute Gasteiger partial charge is 0.338 e. The quantitative estimate of drug-likeness (QED) is 0.509. The van der Waals surface area contributed by atoms with Crippen molar-refractivity contribution >= 4 is 11.9 Å². The van der Waals surface area contributed by atoms with Crippen molar-refractivity contribution in [3.8, 4) is 5.75 Å². The van der Waals surface area contributed by atoms with Crippen molar-refractivity contribution in [1.29, 1.82) is 0 Å². The van der Waals surface area contributed by atoms with Gasteiger partial charge < -0.3 is 24.8 Å². The predicted molar refractivity (Wildman–Crippen MR) is 136 cm³/mol. The third kappa shape index (κ3) is 6.26. The van der Waals surface area contributed by atoms with Crippen molar-refractivity contribution in [1.82, 2.24) is 10.6 Å². The van der Waals surface area contributed by atoms with Crippen LogP contribution >= 0.6 is 0 Å². The molecule has 192 valence electrons. The Morgan fingerprint density at radius 3 is 2.42 bits per heavy atom. The number of carbonyl (C=O) groups is 2. The minimum atomic E-state index is -0.394. The molecule has 7 heteroatoms. The fourth-order valence-electron chi connectivity index (χ4n) is 4.97. The lowest BCUT2D eigenvalue weighted by molar-refractivity contribution is -0.131. The zero-order valence-corrected chi connectivity index (χ0v) is 20.9. The molecule has 0 radical (unpaired) electrons. The van der Waals surface area contributed by atoms with Gasteiger partial charge in [-0.15, -0.1) is 0 Å². The molecule has 36 heavy (non-hydrogen) atoms. The molecule has 4 atom stereocenters. The lowest BCUT2D eigenvalue weighted by Crippen LogP contribution is -2.44. The molecule has 1 saturated carbocycles. The Morgan fingerprint density at radius 1 is 1.00 bits per heavy atom. The second-order valence-corrected chi connectivity index (χ2v) is 10.2. The summed E-state index contributed by atoms with van der Waals surface area (Å²) in [5.74, 6) is 0.880. The van der Waals surface area contributed by atoms with Crippen LogP contribution in [-0.4, -0.2) is 49.8 Å². The molecule has 1 amide bonds. The third-order valence-electron chi connectivity index (χ3n) is 7.24. The second kappa shape index (κ2) is 11.4. The molecule has 2 unspecified atom stereocenters. The summed E-state index contributed by atoms with van der Waals surface area (Å²) in [6.07, 6.45) is 5.17. The molecule has 1 aliphatic carbocycles. The van der Waals surface area contributed by atoms with Crippen LogP contribution < -0.4 is 15.4 Å². The van der Waals surface area contributed by atoms with Crippen LogP contribution in [0.1, 0.15) is 79.0 Å². The first-order chi connectivity index (χ1) is 17.6. The van der Waals surface area contributed by atoms with E-state index >= 15 is 0 Å². The predicted octanol–water partition coefficient (Wildman–Crippen LogP) is 4.28. The summed E-state index contributed by atoms with van der Waals surface area (Å²) in [7, 11) is 0. The lowest BCUT2D eigenvalue weighted by Gasteiger charge is -2.27. The normalized spacial score (nSPS) is 23.5. The number of esters is 1. The maximum atomic E-state index is 12.7. The summed E-state index contributed by atoms with van der Waals surface area (Å²) < 4.78 is 17.6. The Kier molecular flexibility index (Phi) is 7.87. The minimum absolute atomic E-state index is 0.0847. The summed E-state index contributed by atoms with van der Waals surface area (Å²) in [6.45, 7) is 4.25. The van der Waals surface area contributed by atoms with Crippen molar-refractivity contribution in [2.24, 2.45) is 0 Å². The zero-order valence-electron chi connectivity index (χ0n) is 20.9. The van der Waals surface area contributed by atoms with E-state index in [1.165, 1.54) is 18.4 Å². The molecule has 2 N–H and O–H groups in total. The molecule has 2 saturated heterocycles. The van der Waals surface area contributed by atoms with Gasteiger partial charge in [-0.25, -0.2) is 4.79 Å². The fraction of sp³-hybridized carbons (Fsp3) is 0.517. The molecule has 7 nitrogen and oxygen atoms in total. The molecule has 3 fully saturated rings. The third-order valence-corrected chi connectivity index (χ3v) is 7.24. The highest BCUT2D eigenvalue weighted by Gasteiger charge is 2.30. The van der Waals surface area contributed by atoms with Gasteiger partial charge in [-0.05, 0) is 93.3 Å². The Balaban J connectivity index is 1.27. The van der Waals surface area contributed by atoms with Crippen LogP contribution in [0, 0.1) is 0 Å². The monoisotopic (exact) mass is 492 g/mol. The fourth-order valence-corrected chi connectivity index (χ4v) is 4.97.